The Morgan fingerprint density at radius 1 is 1.08 bits per heavy atom. The zero-order chi connectivity index (χ0) is 27.6. The molecule has 0 bridgehead atoms. The third kappa shape index (κ3) is 9.23. The van der Waals surface area contributed by atoms with Crippen LogP contribution in [0.2, 0.25) is 0 Å². The molecule has 1 aromatic carbocycles. The van der Waals surface area contributed by atoms with Crippen LogP contribution < -0.4 is 10.6 Å². The van der Waals surface area contributed by atoms with Gasteiger partial charge in [0.1, 0.15) is 6.04 Å². The van der Waals surface area contributed by atoms with Gasteiger partial charge >= 0.3 is 12.2 Å². The molecule has 3 unspecified atom stereocenters. The third-order valence-electron chi connectivity index (χ3n) is 6.97. The molecule has 10 heteroatoms. The fraction of sp³-hybridized carbons (Fsp3) is 0.667. The van der Waals surface area contributed by atoms with E-state index >= 15 is 0 Å². The van der Waals surface area contributed by atoms with Crippen LogP contribution in [0.4, 0.5) is 23.7 Å². The first-order valence-corrected chi connectivity index (χ1v) is 13.3. The number of hydrogen-bond acceptors (Lipinski definition) is 3. The van der Waals surface area contributed by atoms with Crippen molar-refractivity contribution < 1.29 is 27.6 Å². The van der Waals surface area contributed by atoms with Crippen molar-refractivity contribution in [3.05, 3.63) is 29.8 Å². The summed E-state index contributed by atoms with van der Waals surface area (Å²) < 4.78 is 39.0. The Balaban J connectivity index is 1.97. The summed E-state index contributed by atoms with van der Waals surface area (Å²) in [5.74, 6) is -0.349. The van der Waals surface area contributed by atoms with Crippen LogP contribution in [0.3, 0.4) is 0 Å². The maximum atomic E-state index is 13.4. The SMILES string of the molecule is CCCCCCCC(=O)N1CCN(C(=O)C(NC(=O)Nc2cccc(C(F)(F)F)c2)C(C)CC)CC1C. The highest BCUT2D eigenvalue weighted by Gasteiger charge is 2.35. The van der Waals surface area contributed by atoms with E-state index < -0.39 is 23.8 Å². The molecule has 0 saturated carbocycles. The van der Waals surface area contributed by atoms with E-state index in [1.807, 2.05) is 25.7 Å². The van der Waals surface area contributed by atoms with Gasteiger partial charge in [0.15, 0.2) is 0 Å². The predicted molar refractivity (Wildman–Crippen MR) is 138 cm³/mol. The molecule has 0 aliphatic carbocycles. The van der Waals surface area contributed by atoms with Crippen molar-refractivity contribution in [1.82, 2.24) is 15.1 Å². The molecule has 37 heavy (non-hydrogen) atoms. The van der Waals surface area contributed by atoms with Gasteiger partial charge in [-0.2, -0.15) is 13.2 Å². The summed E-state index contributed by atoms with van der Waals surface area (Å²) in [7, 11) is 0. The van der Waals surface area contributed by atoms with Gasteiger partial charge in [-0.05, 0) is 37.5 Å². The number of benzene rings is 1. The molecule has 0 spiro atoms. The summed E-state index contributed by atoms with van der Waals surface area (Å²) in [6.07, 6.45) is 1.96. The molecule has 1 aliphatic rings. The minimum atomic E-state index is -4.53. The van der Waals surface area contributed by atoms with Crippen molar-refractivity contribution in [2.45, 2.75) is 90.9 Å². The number of amides is 4. The van der Waals surface area contributed by atoms with Crippen LogP contribution in [0.15, 0.2) is 24.3 Å². The molecule has 7 nitrogen and oxygen atoms in total. The summed E-state index contributed by atoms with van der Waals surface area (Å²) in [6, 6.07) is 2.61. The molecule has 1 aromatic rings. The van der Waals surface area contributed by atoms with E-state index in [2.05, 4.69) is 17.6 Å². The van der Waals surface area contributed by atoms with Crippen LogP contribution in [-0.2, 0) is 15.8 Å². The lowest BCUT2D eigenvalue weighted by Crippen LogP contribution is -2.60. The monoisotopic (exact) mass is 526 g/mol. The number of rotatable bonds is 11. The van der Waals surface area contributed by atoms with E-state index in [0.29, 0.717) is 32.5 Å². The molecule has 2 N–H and O–H groups in total. The van der Waals surface area contributed by atoms with Crippen molar-refractivity contribution >= 4 is 23.5 Å². The Hall–Kier alpha value is -2.78. The number of nitrogens with zero attached hydrogens (tertiary/aromatic N) is 2. The lowest BCUT2D eigenvalue weighted by atomic mass is 9.97. The minimum absolute atomic E-state index is 0.0156. The molecule has 0 aromatic heterocycles. The number of hydrogen-bond donors (Lipinski definition) is 2. The van der Waals surface area contributed by atoms with Gasteiger partial charge in [0, 0.05) is 37.8 Å². The maximum Gasteiger partial charge on any atom is 0.416 e. The van der Waals surface area contributed by atoms with Crippen molar-refractivity contribution in [3.8, 4) is 0 Å². The lowest BCUT2D eigenvalue weighted by molar-refractivity contribution is -0.144. The minimum Gasteiger partial charge on any atom is -0.337 e. The largest absolute Gasteiger partial charge is 0.416 e. The summed E-state index contributed by atoms with van der Waals surface area (Å²) in [4.78, 5) is 42.2. The summed E-state index contributed by atoms with van der Waals surface area (Å²) in [5.41, 5.74) is -0.889. The van der Waals surface area contributed by atoms with Gasteiger partial charge in [-0.3, -0.25) is 9.59 Å². The highest BCUT2D eigenvalue weighted by atomic mass is 19.4. The smallest absolute Gasteiger partial charge is 0.337 e. The molecular weight excluding hydrogens is 485 g/mol. The highest BCUT2D eigenvalue weighted by Crippen LogP contribution is 2.30. The molecule has 3 atom stereocenters. The maximum absolute atomic E-state index is 13.4. The van der Waals surface area contributed by atoms with Gasteiger partial charge in [0.05, 0.1) is 5.56 Å². The number of alkyl halides is 3. The Morgan fingerprint density at radius 3 is 2.41 bits per heavy atom. The average molecular weight is 527 g/mol. The number of nitrogens with one attached hydrogen (secondary N) is 2. The Labute approximate surface area is 218 Å². The van der Waals surface area contributed by atoms with E-state index in [1.165, 1.54) is 18.6 Å². The number of anilines is 1. The molecule has 0 radical (unpaired) electrons. The van der Waals surface area contributed by atoms with E-state index in [9.17, 15) is 27.6 Å². The van der Waals surface area contributed by atoms with Crippen molar-refractivity contribution in [2.75, 3.05) is 25.0 Å². The highest BCUT2D eigenvalue weighted by molar-refractivity contribution is 5.94. The molecular formula is C27H41F3N4O3. The number of halogens is 3. The van der Waals surface area contributed by atoms with Crippen molar-refractivity contribution in [3.63, 3.8) is 0 Å². The van der Waals surface area contributed by atoms with Crippen LogP contribution in [0, 0.1) is 5.92 Å². The van der Waals surface area contributed by atoms with Gasteiger partial charge in [-0.15, -0.1) is 0 Å². The van der Waals surface area contributed by atoms with Crippen LogP contribution in [-0.4, -0.2) is 59.4 Å². The average Bonchev–Trinajstić information content (AvgIpc) is 2.85. The van der Waals surface area contributed by atoms with Gasteiger partial charge in [-0.25, -0.2) is 4.79 Å². The predicted octanol–water partition coefficient (Wildman–Crippen LogP) is 5.66. The Bertz CT molecular complexity index is 909. The second-order valence-electron chi connectivity index (χ2n) is 9.92. The molecule has 4 amide bonds. The first kappa shape index (κ1) is 30.4. The quantitative estimate of drug-likeness (QED) is 0.365. The molecule has 1 fully saturated rings. The van der Waals surface area contributed by atoms with Crippen molar-refractivity contribution in [2.24, 2.45) is 5.92 Å². The number of piperazine rings is 1. The number of urea groups is 1. The van der Waals surface area contributed by atoms with Crippen LogP contribution in [0.25, 0.3) is 0 Å². The number of unbranched alkanes of at least 4 members (excludes halogenated alkanes) is 4. The lowest BCUT2D eigenvalue weighted by Gasteiger charge is -2.41. The Morgan fingerprint density at radius 2 is 1.78 bits per heavy atom. The van der Waals surface area contributed by atoms with E-state index in [1.54, 1.807) is 4.90 Å². The second-order valence-corrected chi connectivity index (χ2v) is 9.92. The van der Waals surface area contributed by atoms with E-state index in [0.717, 1.165) is 37.8 Å². The van der Waals surface area contributed by atoms with Gasteiger partial charge in [0.25, 0.3) is 0 Å². The Kier molecular flexibility index (Phi) is 11.7. The van der Waals surface area contributed by atoms with Gasteiger partial charge in [0.2, 0.25) is 11.8 Å². The van der Waals surface area contributed by atoms with Crippen LogP contribution >= 0.6 is 0 Å². The third-order valence-corrected chi connectivity index (χ3v) is 6.97. The summed E-state index contributed by atoms with van der Waals surface area (Å²) in [5, 5.41) is 5.07. The number of carbonyl (C=O) groups excluding carboxylic acids is 3. The molecule has 1 saturated heterocycles. The summed E-state index contributed by atoms with van der Waals surface area (Å²) >= 11 is 0. The zero-order valence-electron chi connectivity index (χ0n) is 22.4. The summed E-state index contributed by atoms with van der Waals surface area (Å²) in [6.45, 7) is 8.98. The van der Waals surface area contributed by atoms with Gasteiger partial charge < -0.3 is 20.4 Å². The fourth-order valence-electron chi connectivity index (χ4n) is 4.51. The first-order valence-electron chi connectivity index (χ1n) is 13.3. The van der Waals surface area contributed by atoms with E-state index in [-0.39, 0.29) is 29.5 Å². The zero-order valence-corrected chi connectivity index (χ0v) is 22.4. The fourth-order valence-corrected chi connectivity index (χ4v) is 4.51. The standard InChI is InChI=1S/C27H41F3N4O3/c1-5-7-8-9-10-14-23(35)34-16-15-33(18-20(34)4)25(36)24(19(3)6-2)32-26(37)31-22-13-11-12-21(17-22)27(28,29)30/h11-13,17,19-20,24H,5-10,14-16,18H2,1-4H3,(H2,31,32,37). The first-order chi connectivity index (χ1) is 17.5. The van der Waals surface area contributed by atoms with Crippen LogP contribution in [0.5, 0.6) is 0 Å². The van der Waals surface area contributed by atoms with Crippen LogP contribution in [0.1, 0.15) is 78.2 Å². The van der Waals surface area contributed by atoms with E-state index in [4.69, 9.17) is 0 Å². The molecule has 208 valence electrons. The molecule has 1 aliphatic heterocycles. The van der Waals surface area contributed by atoms with Gasteiger partial charge in [-0.1, -0.05) is 58.9 Å². The van der Waals surface area contributed by atoms with Crippen molar-refractivity contribution in [1.29, 1.82) is 0 Å². The topological polar surface area (TPSA) is 81.8 Å². The molecule has 2 rings (SSSR count). The molecule has 1 heterocycles. The second kappa shape index (κ2) is 14.2. The number of carbonyl (C=O) groups is 3. The normalized spacial score (nSPS) is 17.8.